The molecule has 1 rings (SSSR count). The van der Waals surface area contributed by atoms with Crippen molar-refractivity contribution in [3.63, 3.8) is 0 Å². The van der Waals surface area contributed by atoms with E-state index in [0.29, 0.717) is 0 Å². The minimum absolute atomic E-state index is 0.956. The van der Waals surface area contributed by atoms with Crippen molar-refractivity contribution < 1.29 is 4.74 Å². The molecule has 0 radical (unpaired) electrons. The van der Waals surface area contributed by atoms with Crippen LogP contribution in [-0.4, -0.2) is 7.11 Å². The number of aryl methyl sites for hydroxylation is 1. The van der Waals surface area contributed by atoms with Gasteiger partial charge in [0.1, 0.15) is 5.75 Å². The van der Waals surface area contributed by atoms with Crippen molar-refractivity contribution in [1.82, 2.24) is 0 Å². The summed E-state index contributed by atoms with van der Waals surface area (Å²) < 4.78 is 5.34. The second kappa shape index (κ2) is 13.9. The van der Waals surface area contributed by atoms with Gasteiger partial charge in [0.2, 0.25) is 0 Å². The van der Waals surface area contributed by atoms with Crippen molar-refractivity contribution in [3.8, 4) is 5.75 Å². The fourth-order valence-electron chi connectivity index (χ4n) is 1.65. The molecule has 1 nitrogen and oxygen atoms in total. The van der Waals surface area contributed by atoms with Gasteiger partial charge in [0.15, 0.2) is 0 Å². The minimum Gasteiger partial charge on any atom is -0.496 e. The summed E-state index contributed by atoms with van der Waals surface area (Å²) in [4.78, 5) is 0. The summed E-state index contributed by atoms with van der Waals surface area (Å²) in [5.74, 6) is 0.956. The van der Waals surface area contributed by atoms with Crippen molar-refractivity contribution in [2.24, 2.45) is 0 Å². The van der Waals surface area contributed by atoms with Crippen LogP contribution in [-0.2, 0) is 0 Å². The molecule has 1 heteroatoms. The fraction of sp³-hybridized carbons (Fsp3) is 0.474. The van der Waals surface area contributed by atoms with Gasteiger partial charge in [0.05, 0.1) is 7.11 Å². The summed E-state index contributed by atoms with van der Waals surface area (Å²) in [6.07, 6.45) is 7.30. The van der Waals surface area contributed by atoms with Gasteiger partial charge in [-0.3, -0.25) is 0 Å². The van der Waals surface area contributed by atoms with Crippen LogP contribution in [0.2, 0.25) is 0 Å². The molecular weight excluding hydrogens is 244 g/mol. The van der Waals surface area contributed by atoms with Crippen LogP contribution >= 0.6 is 0 Å². The van der Waals surface area contributed by atoms with Crippen LogP contribution in [0, 0.1) is 6.92 Å². The highest BCUT2D eigenvalue weighted by Crippen LogP contribution is 2.25. The van der Waals surface area contributed by atoms with E-state index in [1.165, 1.54) is 16.7 Å². The Labute approximate surface area is 126 Å². The van der Waals surface area contributed by atoms with Gasteiger partial charge in [-0.1, -0.05) is 65.0 Å². The third-order valence-corrected chi connectivity index (χ3v) is 2.65. The van der Waals surface area contributed by atoms with Crippen LogP contribution in [0.1, 0.15) is 59.1 Å². The molecule has 114 valence electrons. The maximum absolute atomic E-state index is 5.34. The highest BCUT2D eigenvalue weighted by molar-refractivity contribution is 5.68. The van der Waals surface area contributed by atoms with E-state index in [2.05, 4.69) is 44.2 Å². The summed E-state index contributed by atoms with van der Waals surface area (Å²) in [7, 11) is 1.72. The lowest BCUT2D eigenvalue weighted by Gasteiger charge is -2.09. The lowest BCUT2D eigenvalue weighted by molar-refractivity contribution is 0.411. The first kappa shape index (κ1) is 20.8. The van der Waals surface area contributed by atoms with Crippen LogP contribution in [0.5, 0.6) is 5.75 Å². The van der Waals surface area contributed by atoms with Gasteiger partial charge in [-0.15, -0.1) is 0 Å². The predicted octanol–water partition coefficient (Wildman–Crippen LogP) is 6.43. The highest BCUT2D eigenvalue weighted by atomic mass is 16.5. The molecule has 0 aliphatic heterocycles. The Kier molecular flexibility index (Phi) is 14.5. The molecular formula is C19H32O. The van der Waals surface area contributed by atoms with Gasteiger partial charge in [0, 0.05) is 0 Å². The number of ether oxygens (including phenoxy) is 1. The predicted molar refractivity (Wildman–Crippen MR) is 93.5 cm³/mol. The van der Waals surface area contributed by atoms with Crippen molar-refractivity contribution in [2.75, 3.05) is 7.11 Å². The molecule has 0 heterocycles. The first-order valence-corrected chi connectivity index (χ1v) is 7.69. The summed E-state index contributed by atoms with van der Waals surface area (Å²) in [6.45, 7) is 14.3. The monoisotopic (exact) mass is 276 g/mol. The third kappa shape index (κ3) is 7.18. The summed E-state index contributed by atoms with van der Waals surface area (Å²) in [5, 5.41) is 0. The van der Waals surface area contributed by atoms with Crippen LogP contribution in [0.25, 0.3) is 5.57 Å². The lowest BCUT2D eigenvalue weighted by atomic mass is 10.0. The van der Waals surface area contributed by atoms with E-state index in [9.17, 15) is 0 Å². The Morgan fingerprint density at radius 3 is 2.20 bits per heavy atom. The summed E-state index contributed by atoms with van der Waals surface area (Å²) in [5.41, 5.74) is 3.74. The topological polar surface area (TPSA) is 9.23 Å². The van der Waals surface area contributed by atoms with E-state index in [4.69, 9.17) is 4.74 Å². The second-order valence-corrected chi connectivity index (χ2v) is 3.76. The van der Waals surface area contributed by atoms with Crippen LogP contribution in [0.4, 0.5) is 0 Å². The van der Waals surface area contributed by atoms with Gasteiger partial charge in [-0.25, -0.2) is 0 Å². The molecule has 0 amide bonds. The van der Waals surface area contributed by atoms with Gasteiger partial charge in [-0.05, 0) is 43.0 Å². The zero-order valence-electron chi connectivity index (χ0n) is 14.6. The van der Waals surface area contributed by atoms with Gasteiger partial charge in [0.25, 0.3) is 0 Å². The zero-order valence-corrected chi connectivity index (χ0v) is 14.6. The van der Waals surface area contributed by atoms with Crippen LogP contribution < -0.4 is 4.74 Å². The van der Waals surface area contributed by atoms with Gasteiger partial charge >= 0.3 is 0 Å². The number of hydrogen-bond acceptors (Lipinski definition) is 1. The zero-order chi connectivity index (χ0) is 16.0. The third-order valence-electron chi connectivity index (χ3n) is 2.65. The Bertz CT molecular complexity index is 400. The number of methoxy groups -OCH3 is 1. The van der Waals surface area contributed by atoms with E-state index < -0.39 is 0 Å². The molecule has 0 aromatic heterocycles. The normalized spacial score (nSPS) is 10.3. The standard InChI is InChI=1S/C15H20O.2C2H6/c1-5-7-8-13(6-2)14-10-9-12(3)15(11-14)16-4;2*1-2/h5,7-11H,6H2,1-4H3;2*1-2H3/b7-5-,13-8+;;. The Hall–Kier alpha value is -1.50. The largest absolute Gasteiger partial charge is 0.496 e. The van der Waals surface area contributed by atoms with Gasteiger partial charge in [-0.2, -0.15) is 0 Å². The number of rotatable bonds is 4. The minimum atomic E-state index is 0.956. The molecule has 0 bridgehead atoms. The molecule has 0 spiro atoms. The average molecular weight is 276 g/mol. The molecule has 0 aliphatic rings. The number of allylic oxidation sites excluding steroid dienone is 4. The Morgan fingerprint density at radius 1 is 1.15 bits per heavy atom. The molecule has 0 saturated heterocycles. The van der Waals surface area contributed by atoms with E-state index in [1.54, 1.807) is 7.11 Å². The number of benzene rings is 1. The van der Waals surface area contributed by atoms with Crippen molar-refractivity contribution in [2.45, 2.75) is 54.9 Å². The molecule has 0 saturated carbocycles. The maximum Gasteiger partial charge on any atom is 0.122 e. The average Bonchev–Trinajstić information content (AvgIpc) is 2.53. The van der Waals surface area contributed by atoms with E-state index in [1.807, 2.05) is 40.7 Å². The first-order valence-electron chi connectivity index (χ1n) is 7.69. The SMILES string of the molecule is C/C=C\C=C(/CC)c1ccc(C)c(OC)c1.CC.CC. The molecule has 0 aliphatic carbocycles. The van der Waals surface area contributed by atoms with Crippen molar-refractivity contribution >= 4 is 5.57 Å². The van der Waals surface area contributed by atoms with Gasteiger partial charge < -0.3 is 4.74 Å². The molecule has 0 fully saturated rings. The smallest absolute Gasteiger partial charge is 0.122 e. The van der Waals surface area contributed by atoms with E-state index >= 15 is 0 Å². The summed E-state index contributed by atoms with van der Waals surface area (Å²) >= 11 is 0. The van der Waals surface area contributed by atoms with Crippen molar-refractivity contribution in [1.29, 1.82) is 0 Å². The number of hydrogen-bond donors (Lipinski definition) is 0. The Balaban J connectivity index is 0. The molecule has 0 atom stereocenters. The quantitative estimate of drug-likeness (QED) is 0.576. The fourth-order valence-corrected chi connectivity index (χ4v) is 1.65. The van der Waals surface area contributed by atoms with Crippen LogP contribution in [0.15, 0.2) is 36.4 Å². The lowest BCUT2D eigenvalue weighted by Crippen LogP contribution is -1.90. The highest BCUT2D eigenvalue weighted by Gasteiger charge is 2.03. The molecule has 0 N–H and O–H groups in total. The molecule has 1 aromatic carbocycles. The molecule has 0 unspecified atom stereocenters. The van der Waals surface area contributed by atoms with E-state index in [0.717, 1.165) is 12.2 Å². The Morgan fingerprint density at radius 2 is 1.75 bits per heavy atom. The first-order chi connectivity index (χ1) is 9.72. The second-order valence-electron chi connectivity index (χ2n) is 3.76. The van der Waals surface area contributed by atoms with Crippen LogP contribution in [0.3, 0.4) is 0 Å². The molecule has 20 heavy (non-hydrogen) atoms. The van der Waals surface area contributed by atoms with Crippen molar-refractivity contribution in [3.05, 3.63) is 47.6 Å². The summed E-state index contributed by atoms with van der Waals surface area (Å²) in [6, 6.07) is 6.36. The maximum atomic E-state index is 5.34. The molecule has 1 aromatic rings. The van der Waals surface area contributed by atoms with E-state index in [-0.39, 0.29) is 0 Å².